The van der Waals surface area contributed by atoms with Crippen molar-refractivity contribution in [2.24, 2.45) is 0 Å². The summed E-state index contributed by atoms with van der Waals surface area (Å²) in [5.74, 6) is -0.308. The molecule has 0 bridgehead atoms. The minimum Gasteiger partial charge on any atom is -0.327 e. The van der Waals surface area contributed by atoms with Crippen LogP contribution in [-0.2, 0) is 21.4 Å². The normalized spacial score (nSPS) is 17.6. The molecule has 1 unspecified atom stereocenters. The van der Waals surface area contributed by atoms with Crippen LogP contribution < -0.4 is 15.8 Å². The van der Waals surface area contributed by atoms with Crippen molar-refractivity contribution < 1.29 is 9.59 Å². The molecule has 0 saturated carbocycles. The van der Waals surface area contributed by atoms with Crippen LogP contribution in [0.3, 0.4) is 0 Å². The Morgan fingerprint density at radius 1 is 1.00 bits per heavy atom. The van der Waals surface area contributed by atoms with Gasteiger partial charge in [0.2, 0.25) is 11.8 Å². The van der Waals surface area contributed by atoms with Gasteiger partial charge in [0, 0.05) is 25.4 Å². The van der Waals surface area contributed by atoms with Gasteiger partial charge in [-0.15, -0.1) is 0 Å². The lowest BCUT2D eigenvalue weighted by atomic mass is 9.73. The van der Waals surface area contributed by atoms with Crippen LogP contribution in [0.5, 0.6) is 0 Å². The number of rotatable bonds is 6. The van der Waals surface area contributed by atoms with Gasteiger partial charge in [-0.2, -0.15) is 0 Å². The number of aromatic amines is 1. The third-order valence-electron chi connectivity index (χ3n) is 5.71. The SMILES string of the molecule is CN1C(=O)C(CCC(=O)Nc2ccc[nH]c2=O)(Cc2ccccc2)c2ccccc21. The van der Waals surface area contributed by atoms with E-state index >= 15 is 0 Å². The van der Waals surface area contributed by atoms with Crippen molar-refractivity contribution in [2.75, 3.05) is 17.3 Å². The number of pyridine rings is 1. The molecule has 4 rings (SSSR count). The molecule has 0 saturated heterocycles. The second-order valence-electron chi connectivity index (χ2n) is 7.59. The highest BCUT2D eigenvalue weighted by atomic mass is 16.2. The Morgan fingerprint density at radius 2 is 1.73 bits per heavy atom. The molecule has 152 valence electrons. The van der Waals surface area contributed by atoms with Gasteiger partial charge in [0.05, 0.1) is 5.41 Å². The van der Waals surface area contributed by atoms with Gasteiger partial charge in [-0.1, -0.05) is 48.5 Å². The summed E-state index contributed by atoms with van der Waals surface area (Å²) in [6, 6.07) is 20.8. The first kappa shape index (κ1) is 19.6. The molecule has 0 fully saturated rings. The van der Waals surface area contributed by atoms with Crippen molar-refractivity contribution in [1.29, 1.82) is 0 Å². The lowest BCUT2D eigenvalue weighted by molar-refractivity contribution is -0.123. The highest BCUT2D eigenvalue weighted by Crippen LogP contribution is 2.46. The number of para-hydroxylation sites is 1. The molecule has 6 nitrogen and oxygen atoms in total. The minimum absolute atomic E-state index is 0.0158. The Labute approximate surface area is 174 Å². The summed E-state index contributed by atoms with van der Waals surface area (Å²) in [6.07, 6.45) is 2.48. The van der Waals surface area contributed by atoms with E-state index in [1.165, 1.54) is 6.20 Å². The summed E-state index contributed by atoms with van der Waals surface area (Å²) in [7, 11) is 1.78. The first-order valence-corrected chi connectivity index (χ1v) is 9.90. The second-order valence-corrected chi connectivity index (χ2v) is 7.59. The monoisotopic (exact) mass is 401 g/mol. The number of H-pyrrole nitrogens is 1. The van der Waals surface area contributed by atoms with E-state index in [1.54, 1.807) is 24.1 Å². The number of hydrogen-bond donors (Lipinski definition) is 2. The van der Waals surface area contributed by atoms with Crippen LogP contribution in [-0.4, -0.2) is 23.8 Å². The van der Waals surface area contributed by atoms with Crippen molar-refractivity contribution in [3.8, 4) is 0 Å². The van der Waals surface area contributed by atoms with E-state index in [2.05, 4.69) is 10.3 Å². The number of nitrogens with zero attached hydrogens (tertiary/aromatic N) is 1. The predicted molar refractivity (Wildman–Crippen MR) is 117 cm³/mol. The van der Waals surface area contributed by atoms with E-state index in [4.69, 9.17) is 0 Å². The zero-order valence-corrected chi connectivity index (χ0v) is 16.7. The molecule has 2 amide bonds. The fourth-order valence-corrected chi connectivity index (χ4v) is 4.22. The van der Waals surface area contributed by atoms with Crippen molar-refractivity contribution in [2.45, 2.75) is 24.7 Å². The molecule has 2 N–H and O–H groups in total. The number of hydrogen-bond acceptors (Lipinski definition) is 3. The molecule has 2 heterocycles. The molecular formula is C24H23N3O3. The van der Waals surface area contributed by atoms with E-state index in [-0.39, 0.29) is 29.5 Å². The average Bonchev–Trinajstić information content (AvgIpc) is 2.97. The fraction of sp³-hybridized carbons (Fsp3) is 0.208. The van der Waals surface area contributed by atoms with Gasteiger partial charge in [-0.3, -0.25) is 14.4 Å². The summed E-state index contributed by atoms with van der Waals surface area (Å²) in [5.41, 5.74) is 1.87. The fourth-order valence-electron chi connectivity index (χ4n) is 4.22. The van der Waals surface area contributed by atoms with Crippen LogP contribution in [0.2, 0.25) is 0 Å². The van der Waals surface area contributed by atoms with E-state index in [9.17, 15) is 14.4 Å². The molecular weight excluding hydrogens is 378 g/mol. The van der Waals surface area contributed by atoms with Crippen LogP contribution in [0.25, 0.3) is 0 Å². The molecule has 1 aromatic heterocycles. The number of likely N-dealkylation sites (N-methyl/N-ethyl adjacent to an activating group) is 1. The zero-order chi connectivity index (χ0) is 21.1. The number of benzene rings is 2. The Kier molecular flexibility index (Phi) is 5.23. The standard InChI is InChI=1S/C24H23N3O3/c1-27-20-12-6-5-10-18(20)24(23(27)30,16-17-8-3-2-4-9-17)14-13-21(28)26-19-11-7-15-25-22(19)29/h2-12,15H,13-14,16H2,1H3,(H,25,29)(H,26,28). The molecule has 0 spiro atoms. The maximum Gasteiger partial charge on any atom is 0.271 e. The number of fused-ring (bicyclic) bond motifs is 1. The molecule has 1 atom stereocenters. The van der Waals surface area contributed by atoms with Crippen molar-refractivity contribution in [1.82, 2.24) is 4.98 Å². The number of anilines is 2. The quantitative estimate of drug-likeness (QED) is 0.665. The van der Waals surface area contributed by atoms with Crippen molar-refractivity contribution >= 4 is 23.2 Å². The summed E-state index contributed by atoms with van der Waals surface area (Å²) < 4.78 is 0. The molecule has 30 heavy (non-hydrogen) atoms. The molecule has 1 aliphatic rings. The first-order chi connectivity index (χ1) is 14.5. The highest BCUT2D eigenvalue weighted by Gasteiger charge is 2.49. The number of aromatic nitrogens is 1. The van der Waals surface area contributed by atoms with Crippen LogP contribution in [0.1, 0.15) is 24.0 Å². The average molecular weight is 401 g/mol. The van der Waals surface area contributed by atoms with Gasteiger partial charge in [-0.25, -0.2) is 0 Å². The highest BCUT2D eigenvalue weighted by molar-refractivity contribution is 6.08. The van der Waals surface area contributed by atoms with Gasteiger partial charge in [0.1, 0.15) is 5.69 Å². The number of amides is 2. The largest absolute Gasteiger partial charge is 0.327 e. The Morgan fingerprint density at radius 3 is 2.50 bits per heavy atom. The van der Waals surface area contributed by atoms with Gasteiger partial charge in [-0.05, 0) is 42.2 Å². The van der Waals surface area contributed by atoms with Crippen LogP contribution in [0.4, 0.5) is 11.4 Å². The summed E-state index contributed by atoms with van der Waals surface area (Å²) in [4.78, 5) is 42.1. The van der Waals surface area contributed by atoms with Gasteiger partial charge >= 0.3 is 0 Å². The lowest BCUT2D eigenvalue weighted by Crippen LogP contribution is -2.41. The Hall–Kier alpha value is -3.67. The Balaban J connectivity index is 1.64. The molecule has 0 radical (unpaired) electrons. The maximum absolute atomic E-state index is 13.5. The third-order valence-corrected chi connectivity index (χ3v) is 5.71. The van der Waals surface area contributed by atoms with Crippen molar-refractivity contribution in [3.63, 3.8) is 0 Å². The van der Waals surface area contributed by atoms with E-state index in [1.807, 2.05) is 54.6 Å². The lowest BCUT2D eigenvalue weighted by Gasteiger charge is -2.28. The predicted octanol–water partition coefficient (Wildman–Crippen LogP) is 3.25. The molecule has 0 aliphatic carbocycles. The zero-order valence-electron chi connectivity index (χ0n) is 16.7. The van der Waals surface area contributed by atoms with Gasteiger partial charge < -0.3 is 15.2 Å². The molecule has 3 aromatic rings. The van der Waals surface area contributed by atoms with Crippen LogP contribution in [0.15, 0.2) is 77.7 Å². The van der Waals surface area contributed by atoms with E-state index in [0.717, 1.165) is 16.8 Å². The third kappa shape index (κ3) is 3.52. The van der Waals surface area contributed by atoms with Gasteiger partial charge in [0.15, 0.2) is 0 Å². The minimum atomic E-state index is -0.826. The van der Waals surface area contributed by atoms with E-state index < -0.39 is 5.41 Å². The molecule has 6 heteroatoms. The summed E-state index contributed by atoms with van der Waals surface area (Å²) in [5, 5.41) is 2.66. The second kappa shape index (κ2) is 7.99. The molecule has 2 aromatic carbocycles. The number of carbonyl (C=O) groups excluding carboxylic acids is 2. The maximum atomic E-state index is 13.5. The summed E-state index contributed by atoms with van der Waals surface area (Å²) in [6.45, 7) is 0. The molecule has 1 aliphatic heterocycles. The van der Waals surface area contributed by atoms with Crippen LogP contribution in [0, 0.1) is 0 Å². The van der Waals surface area contributed by atoms with Crippen molar-refractivity contribution in [3.05, 3.63) is 94.4 Å². The number of nitrogens with one attached hydrogen (secondary N) is 2. The first-order valence-electron chi connectivity index (χ1n) is 9.90. The summed E-state index contributed by atoms with van der Waals surface area (Å²) >= 11 is 0. The Bertz CT molecular complexity index is 1140. The topological polar surface area (TPSA) is 82.3 Å². The van der Waals surface area contributed by atoms with Gasteiger partial charge in [0.25, 0.3) is 5.56 Å². The number of carbonyl (C=O) groups is 2. The smallest absolute Gasteiger partial charge is 0.271 e. The van der Waals surface area contributed by atoms with E-state index in [0.29, 0.717) is 12.8 Å². The van der Waals surface area contributed by atoms with Crippen LogP contribution >= 0.6 is 0 Å².